The first-order valence-electron chi connectivity index (χ1n) is 13.6. The van der Waals surface area contributed by atoms with E-state index in [0.29, 0.717) is 30.6 Å². The van der Waals surface area contributed by atoms with Crippen molar-refractivity contribution in [3.8, 4) is 11.6 Å². The lowest BCUT2D eigenvalue weighted by molar-refractivity contribution is -0.225. The van der Waals surface area contributed by atoms with Crippen LogP contribution in [0.15, 0.2) is 36.7 Å². The van der Waals surface area contributed by atoms with Crippen molar-refractivity contribution in [3.05, 3.63) is 36.7 Å². The van der Waals surface area contributed by atoms with Gasteiger partial charge in [0.05, 0.1) is 33.3 Å². The monoisotopic (exact) mass is 606 g/mol. The average molecular weight is 607 g/mol. The Morgan fingerprint density at radius 2 is 2.10 bits per heavy atom. The normalized spacial score (nSPS) is 25.6. The number of hydrogen-bond donors (Lipinski definition) is 3. The van der Waals surface area contributed by atoms with E-state index >= 15 is 0 Å². The number of fused-ring (bicyclic) bond motifs is 1. The third kappa shape index (κ3) is 5.93. The number of nitrogens with zero attached hydrogens (tertiary/aromatic N) is 4. The van der Waals surface area contributed by atoms with E-state index in [9.17, 15) is 14.5 Å². The van der Waals surface area contributed by atoms with Crippen molar-refractivity contribution in [2.24, 2.45) is 0 Å². The van der Waals surface area contributed by atoms with Gasteiger partial charge in [-0.25, -0.2) is 9.55 Å². The number of aliphatic hydroxyl groups is 1. The lowest BCUT2D eigenvalue weighted by Gasteiger charge is -2.44. The number of esters is 1. The van der Waals surface area contributed by atoms with Crippen LogP contribution in [0.3, 0.4) is 0 Å². The van der Waals surface area contributed by atoms with E-state index in [4.69, 9.17) is 33.7 Å². The molecular weight excluding hydrogens is 571 g/mol. The number of hydrogen-bond acceptors (Lipinski definition) is 13. The minimum atomic E-state index is -4.19. The number of aromatic nitrogens is 4. The van der Waals surface area contributed by atoms with Crippen LogP contribution >= 0.6 is 7.75 Å². The maximum Gasteiger partial charge on any atom is 0.459 e. The molecule has 0 amide bonds. The van der Waals surface area contributed by atoms with Crippen molar-refractivity contribution in [1.82, 2.24) is 24.6 Å². The van der Waals surface area contributed by atoms with Gasteiger partial charge in [-0.15, -0.1) is 0 Å². The summed E-state index contributed by atoms with van der Waals surface area (Å²) in [5.74, 6) is -0.201. The molecule has 42 heavy (non-hydrogen) atoms. The first kappa shape index (κ1) is 30.1. The largest absolute Gasteiger partial charge is 0.479 e. The summed E-state index contributed by atoms with van der Waals surface area (Å²) < 4.78 is 49.7. The molecule has 2 aliphatic heterocycles. The van der Waals surface area contributed by atoms with Crippen LogP contribution < -0.4 is 20.1 Å². The van der Waals surface area contributed by atoms with Gasteiger partial charge in [0, 0.05) is 6.42 Å². The summed E-state index contributed by atoms with van der Waals surface area (Å²) in [7, 11) is -2.75. The number of ether oxygens (including phenoxy) is 4. The van der Waals surface area contributed by atoms with E-state index in [2.05, 4.69) is 20.0 Å². The molecule has 5 rings (SSSR count). The lowest BCUT2D eigenvalue weighted by Crippen LogP contribution is -2.56. The number of nitrogens with one attached hydrogen (secondary N) is 1. The topological polar surface area (TPSA) is 191 Å². The zero-order chi connectivity index (χ0) is 29.9. The second-order valence-corrected chi connectivity index (χ2v) is 11.7. The van der Waals surface area contributed by atoms with Gasteiger partial charge < -0.3 is 34.3 Å². The minimum absolute atomic E-state index is 0.0319. The average Bonchev–Trinajstić information content (AvgIpc) is 3.50. The van der Waals surface area contributed by atoms with Crippen LogP contribution in [0.1, 0.15) is 39.3 Å². The summed E-state index contributed by atoms with van der Waals surface area (Å²) >= 11 is 0. The van der Waals surface area contributed by atoms with E-state index < -0.39 is 43.8 Å². The van der Waals surface area contributed by atoms with Crippen molar-refractivity contribution >= 4 is 30.8 Å². The quantitative estimate of drug-likeness (QED) is 0.146. The Bertz CT molecular complexity index is 1440. The predicted octanol–water partition coefficient (Wildman–Crippen LogP) is 2.36. The summed E-state index contributed by atoms with van der Waals surface area (Å²) in [6.45, 7) is 3.74. The first-order valence-corrected chi connectivity index (χ1v) is 15.2. The highest BCUT2D eigenvalue weighted by molar-refractivity contribution is 7.52. The van der Waals surface area contributed by atoms with Crippen molar-refractivity contribution < 1.29 is 42.5 Å². The molecule has 0 saturated carbocycles. The van der Waals surface area contributed by atoms with E-state index in [1.807, 2.05) is 6.92 Å². The molecule has 2 aromatic heterocycles. The number of anilines is 1. The van der Waals surface area contributed by atoms with Crippen LogP contribution in [0.25, 0.3) is 11.2 Å². The molecule has 2 fully saturated rings. The van der Waals surface area contributed by atoms with Crippen molar-refractivity contribution in [3.63, 3.8) is 0 Å². The number of rotatable bonds is 13. The van der Waals surface area contributed by atoms with E-state index in [0.717, 1.165) is 6.42 Å². The third-order valence-electron chi connectivity index (χ3n) is 7.12. The van der Waals surface area contributed by atoms with Gasteiger partial charge in [-0.1, -0.05) is 31.5 Å². The Labute approximate surface area is 242 Å². The lowest BCUT2D eigenvalue weighted by atomic mass is 9.86. The molecule has 6 atom stereocenters. The van der Waals surface area contributed by atoms with Crippen molar-refractivity contribution in [1.29, 1.82) is 0 Å². The minimum Gasteiger partial charge on any atom is -0.479 e. The zero-order valence-electron chi connectivity index (χ0n) is 23.5. The number of benzene rings is 1. The molecule has 0 bridgehead atoms. The SMILES string of the molecule is CCCCOC(=O)[C@H](C)N[P@](=O)(OC[C@H]1O[C@@H](n2cnc3c(OC)nc(N)nc32)[C@@]2(CCO2)[C@@H]1O)Oc1ccccc1. The highest BCUT2D eigenvalue weighted by atomic mass is 31.2. The molecule has 0 aliphatic carbocycles. The van der Waals surface area contributed by atoms with E-state index in [1.54, 1.807) is 34.9 Å². The number of methoxy groups -OCH3 is 1. The second kappa shape index (κ2) is 12.5. The van der Waals surface area contributed by atoms with Gasteiger partial charge in [0.2, 0.25) is 11.8 Å². The molecule has 3 aromatic rings. The number of para-hydroxylation sites is 1. The van der Waals surface area contributed by atoms with Crippen LogP contribution in [-0.4, -0.2) is 81.4 Å². The van der Waals surface area contributed by atoms with Crippen LogP contribution in [0.2, 0.25) is 0 Å². The molecule has 4 heterocycles. The number of imidazole rings is 1. The Balaban J connectivity index is 1.36. The molecule has 2 aliphatic rings. The van der Waals surface area contributed by atoms with E-state index in [-0.39, 0.29) is 30.8 Å². The number of nitrogens with two attached hydrogens (primary N) is 1. The molecule has 15 nitrogen and oxygen atoms in total. The van der Waals surface area contributed by atoms with Gasteiger partial charge in [-0.3, -0.25) is 13.9 Å². The molecule has 0 unspecified atom stereocenters. The molecule has 1 spiro atoms. The molecule has 2 saturated heterocycles. The number of unbranched alkanes of at least 4 members (excludes halogenated alkanes) is 1. The zero-order valence-corrected chi connectivity index (χ0v) is 24.4. The summed E-state index contributed by atoms with van der Waals surface area (Å²) in [4.78, 5) is 25.2. The Morgan fingerprint density at radius 1 is 1.33 bits per heavy atom. The Hall–Kier alpha value is -3.33. The fourth-order valence-corrected chi connectivity index (χ4v) is 6.35. The van der Waals surface area contributed by atoms with Crippen molar-refractivity contribution in [2.45, 2.75) is 63.2 Å². The van der Waals surface area contributed by atoms with Crippen LogP contribution in [0.5, 0.6) is 11.6 Å². The van der Waals surface area contributed by atoms with Crippen molar-refractivity contribution in [2.75, 3.05) is 32.7 Å². The van der Waals surface area contributed by atoms with Gasteiger partial charge >= 0.3 is 13.7 Å². The second-order valence-electron chi connectivity index (χ2n) is 10.0. The van der Waals surface area contributed by atoms with Crippen LogP contribution in [0.4, 0.5) is 5.95 Å². The fraction of sp³-hybridized carbons (Fsp3) is 0.538. The molecule has 0 radical (unpaired) electrons. The first-order chi connectivity index (χ1) is 20.2. The molecular formula is C26H35N6O9P. The van der Waals surface area contributed by atoms with Gasteiger partial charge in [0.25, 0.3) is 0 Å². The van der Waals surface area contributed by atoms with Crippen LogP contribution in [0, 0.1) is 0 Å². The maximum atomic E-state index is 13.9. The van der Waals surface area contributed by atoms with Crippen LogP contribution in [-0.2, 0) is 28.1 Å². The molecule has 4 N–H and O–H groups in total. The fourth-order valence-electron chi connectivity index (χ4n) is 4.85. The number of aliphatic hydroxyl groups excluding tert-OH is 1. The Morgan fingerprint density at radius 3 is 2.76 bits per heavy atom. The van der Waals surface area contributed by atoms with Gasteiger partial charge in [0.1, 0.15) is 29.6 Å². The number of nitrogen functional groups attached to an aromatic ring is 1. The summed E-state index contributed by atoms with van der Waals surface area (Å²) in [5.41, 5.74) is 5.40. The molecule has 228 valence electrons. The highest BCUT2D eigenvalue weighted by Gasteiger charge is 2.62. The summed E-state index contributed by atoms with van der Waals surface area (Å²) in [6, 6.07) is 7.36. The maximum absolute atomic E-state index is 13.9. The van der Waals surface area contributed by atoms with Gasteiger partial charge in [-0.2, -0.15) is 15.1 Å². The van der Waals surface area contributed by atoms with Gasteiger partial charge in [-0.05, 0) is 25.5 Å². The number of carbonyl (C=O) groups is 1. The third-order valence-corrected chi connectivity index (χ3v) is 8.76. The number of carbonyl (C=O) groups excluding carboxylic acids is 1. The highest BCUT2D eigenvalue weighted by Crippen LogP contribution is 2.51. The Kier molecular flexibility index (Phi) is 8.97. The van der Waals surface area contributed by atoms with Gasteiger partial charge in [0.15, 0.2) is 17.4 Å². The van der Waals surface area contributed by atoms with E-state index in [1.165, 1.54) is 20.4 Å². The summed E-state index contributed by atoms with van der Waals surface area (Å²) in [5, 5.41) is 14.0. The smallest absolute Gasteiger partial charge is 0.459 e. The summed E-state index contributed by atoms with van der Waals surface area (Å²) in [6.07, 6.45) is 0.422. The molecule has 1 aromatic carbocycles. The standard InChI is InChI=1S/C26H35N6O9P/c1-4-5-12-37-23(34)16(2)31-42(35,41-17-9-7-6-8-10-17)39-14-18-20(33)26(11-13-38-26)24(40-18)32-15-28-19-21(32)29-25(27)30-22(19)36-3/h6-10,15-16,18,20,24,33H,4-5,11-14H2,1-3H3,(H,31,35)(H2,27,29,30)/t16-,18+,20+,24+,26+,42-/m0/s1. The molecule has 16 heteroatoms. The predicted molar refractivity (Wildman–Crippen MR) is 149 cm³/mol.